The van der Waals surface area contributed by atoms with Gasteiger partial charge in [0.2, 0.25) is 0 Å². The molecule has 9 heteroatoms. The molecule has 2 rings (SSSR count). The number of hydrogen-bond donors (Lipinski definition) is 2. The zero-order valence-electron chi connectivity index (χ0n) is 10.2. The van der Waals surface area contributed by atoms with Gasteiger partial charge in [0.1, 0.15) is 4.60 Å². The monoisotopic (exact) mass is 388 g/mol. The summed E-state index contributed by atoms with van der Waals surface area (Å²) in [5, 5.41) is 4.76. The maximum Gasteiger partial charge on any atom is 0.327 e. The lowest BCUT2D eigenvalue weighted by Gasteiger charge is -2.08. The van der Waals surface area contributed by atoms with E-state index in [0.29, 0.717) is 4.60 Å². The van der Waals surface area contributed by atoms with Crippen LogP contribution < -0.4 is 10.6 Å². The minimum atomic E-state index is -0.775. The Morgan fingerprint density at radius 2 is 1.81 bits per heavy atom. The highest BCUT2D eigenvalue weighted by atomic mass is 79.9. The molecule has 0 aliphatic carbocycles. The molecule has 0 fully saturated rings. The van der Waals surface area contributed by atoms with Gasteiger partial charge in [-0.05, 0) is 28.1 Å². The van der Waals surface area contributed by atoms with E-state index in [4.69, 9.17) is 23.2 Å². The fraction of sp³-hybridized carbons (Fsp3) is 0. The van der Waals surface area contributed by atoms with Gasteiger partial charge in [0.25, 0.3) is 5.91 Å². The summed E-state index contributed by atoms with van der Waals surface area (Å²) in [7, 11) is 0. The number of nitrogens with zero attached hydrogens (tertiary/aromatic N) is 2. The van der Waals surface area contributed by atoms with Crippen molar-refractivity contribution >= 4 is 56.9 Å². The number of halogens is 3. The third-order valence-electron chi connectivity index (χ3n) is 2.26. The molecule has 2 N–H and O–H groups in total. The van der Waals surface area contributed by atoms with Crippen LogP contribution in [0.4, 0.5) is 10.6 Å². The molecule has 0 saturated carbocycles. The number of benzene rings is 1. The summed E-state index contributed by atoms with van der Waals surface area (Å²) in [6.45, 7) is 0. The Kier molecular flexibility index (Phi) is 5.11. The van der Waals surface area contributed by atoms with Crippen molar-refractivity contribution in [2.45, 2.75) is 0 Å². The van der Waals surface area contributed by atoms with Crippen LogP contribution in [-0.2, 0) is 0 Å². The number of nitrogens with one attached hydrogen (secondary N) is 2. The lowest BCUT2D eigenvalue weighted by molar-refractivity contribution is 0.0967. The van der Waals surface area contributed by atoms with Crippen LogP contribution in [0.1, 0.15) is 10.4 Å². The summed E-state index contributed by atoms with van der Waals surface area (Å²) in [4.78, 5) is 31.5. The zero-order chi connectivity index (χ0) is 15.4. The van der Waals surface area contributed by atoms with Crippen LogP contribution in [-0.4, -0.2) is 21.9 Å². The van der Waals surface area contributed by atoms with Crippen LogP contribution >= 0.6 is 39.1 Å². The Morgan fingerprint density at radius 3 is 2.43 bits per heavy atom. The van der Waals surface area contributed by atoms with E-state index in [9.17, 15) is 9.59 Å². The highest BCUT2D eigenvalue weighted by molar-refractivity contribution is 9.10. The second-order valence-corrected chi connectivity index (χ2v) is 5.36. The number of hydrogen-bond acceptors (Lipinski definition) is 4. The fourth-order valence-corrected chi connectivity index (χ4v) is 2.31. The van der Waals surface area contributed by atoms with Gasteiger partial charge in [-0.25, -0.2) is 9.78 Å². The first-order valence-electron chi connectivity index (χ1n) is 5.51. The van der Waals surface area contributed by atoms with E-state index in [1.54, 1.807) is 6.07 Å². The van der Waals surface area contributed by atoms with Gasteiger partial charge < -0.3 is 0 Å². The molecule has 0 unspecified atom stereocenters. The number of rotatable bonds is 2. The van der Waals surface area contributed by atoms with Crippen molar-refractivity contribution in [3.05, 3.63) is 50.8 Å². The van der Waals surface area contributed by atoms with Gasteiger partial charge in [0, 0.05) is 0 Å². The first-order chi connectivity index (χ1) is 9.97. The molecule has 2 aromatic rings. The molecule has 1 heterocycles. The molecule has 0 radical (unpaired) electrons. The van der Waals surface area contributed by atoms with Crippen molar-refractivity contribution in [1.29, 1.82) is 0 Å². The molecule has 0 bridgehead atoms. The summed E-state index contributed by atoms with van der Waals surface area (Å²) >= 11 is 14.9. The summed E-state index contributed by atoms with van der Waals surface area (Å²) < 4.78 is 0.445. The highest BCUT2D eigenvalue weighted by Crippen LogP contribution is 2.23. The average Bonchev–Trinajstić information content (AvgIpc) is 2.38. The Balaban J connectivity index is 2.08. The second-order valence-electron chi connectivity index (χ2n) is 3.73. The van der Waals surface area contributed by atoms with E-state index < -0.39 is 11.9 Å². The van der Waals surface area contributed by atoms with Crippen LogP contribution in [0.25, 0.3) is 0 Å². The molecule has 0 spiro atoms. The van der Waals surface area contributed by atoms with Gasteiger partial charge in [-0.3, -0.25) is 20.4 Å². The van der Waals surface area contributed by atoms with Gasteiger partial charge in [-0.1, -0.05) is 29.3 Å². The topological polar surface area (TPSA) is 84.0 Å². The molecule has 0 aliphatic heterocycles. The minimum Gasteiger partial charge on any atom is -0.291 e. The van der Waals surface area contributed by atoms with Crippen LogP contribution in [0.15, 0.2) is 35.2 Å². The fourth-order valence-electron chi connectivity index (χ4n) is 1.43. The normalized spacial score (nSPS) is 10.0. The number of aromatic nitrogens is 2. The lowest BCUT2D eigenvalue weighted by atomic mass is 10.2. The predicted molar refractivity (Wildman–Crippen MR) is 82.7 cm³/mol. The molecular formula is C12H7BrCl2N4O2. The van der Waals surface area contributed by atoms with Crippen LogP contribution in [0.3, 0.4) is 0 Å². The van der Waals surface area contributed by atoms with E-state index in [2.05, 4.69) is 36.5 Å². The van der Waals surface area contributed by atoms with Gasteiger partial charge in [0.05, 0.1) is 28.0 Å². The summed E-state index contributed by atoms with van der Waals surface area (Å²) in [6, 6.07) is 3.82. The van der Waals surface area contributed by atoms with E-state index >= 15 is 0 Å². The lowest BCUT2D eigenvalue weighted by Crippen LogP contribution is -2.35. The maximum absolute atomic E-state index is 12.0. The Hall–Kier alpha value is -1.70. The first kappa shape index (κ1) is 15.7. The zero-order valence-corrected chi connectivity index (χ0v) is 13.3. The van der Waals surface area contributed by atoms with Gasteiger partial charge >= 0.3 is 6.03 Å². The minimum absolute atomic E-state index is 0.0244. The number of urea groups is 1. The van der Waals surface area contributed by atoms with Crippen molar-refractivity contribution in [1.82, 2.24) is 15.3 Å². The molecule has 0 aliphatic rings. The van der Waals surface area contributed by atoms with Crippen LogP contribution in [0.5, 0.6) is 0 Å². The third-order valence-corrected chi connectivity index (χ3v) is 3.28. The van der Waals surface area contributed by atoms with E-state index in [0.717, 1.165) is 0 Å². The molecule has 21 heavy (non-hydrogen) atoms. The predicted octanol–water partition coefficient (Wildman–Crippen LogP) is 3.51. The number of imide groups is 1. The standard InChI is InChI=1S/C12H7BrCl2N4O2/c13-8-4-16-5-9(17-8)18-12(21)19-11(20)10-6(14)2-1-3-7(10)15/h1-5H,(H2,17,18,19,20,21). The SMILES string of the molecule is O=C(NC(=O)c1c(Cl)cccc1Cl)Nc1cncc(Br)n1. The number of amides is 3. The smallest absolute Gasteiger partial charge is 0.291 e. The number of carbonyl (C=O) groups is 2. The average molecular weight is 390 g/mol. The summed E-state index contributed by atoms with van der Waals surface area (Å²) in [5.41, 5.74) is 0.0244. The summed E-state index contributed by atoms with van der Waals surface area (Å²) in [6.07, 6.45) is 2.79. The van der Waals surface area contributed by atoms with Crippen molar-refractivity contribution in [2.24, 2.45) is 0 Å². The van der Waals surface area contributed by atoms with Gasteiger partial charge in [-0.2, -0.15) is 0 Å². The third kappa shape index (κ3) is 4.13. The molecule has 108 valence electrons. The van der Waals surface area contributed by atoms with Gasteiger partial charge in [0.15, 0.2) is 5.82 Å². The van der Waals surface area contributed by atoms with Crippen molar-refractivity contribution in [3.8, 4) is 0 Å². The van der Waals surface area contributed by atoms with Gasteiger partial charge in [-0.15, -0.1) is 0 Å². The van der Waals surface area contributed by atoms with E-state index in [-0.39, 0.29) is 21.4 Å². The molecule has 1 aromatic heterocycles. The molecule has 6 nitrogen and oxygen atoms in total. The maximum atomic E-state index is 12.0. The second kappa shape index (κ2) is 6.84. The summed E-state index contributed by atoms with van der Waals surface area (Å²) in [5.74, 6) is -0.536. The van der Waals surface area contributed by atoms with Crippen LogP contribution in [0, 0.1) is 0 Å². The molecule has 0 saturated heterocycles. The highest BCUT2D eigenvalue weighted by Gasteiger charge is 2.17. The number of anilines is 1. The quantitative estimate of drug-likeness (QED) is 0.823. The molecular weight excluding hydrogens is 383 g/mol. The molecule has 1 aromatic carbocycles. The molecule has 0 atom stereocenters. The Morgan fingerprint density at radius 1 is 1.14 bits per heavy atom. The van der Waals surface area contributed by atoms with Crippen molar-refractivity contribution < 1.29 is 9.59 Å². The Bertz CT molecular complexity index is 691. The van der Waals surface area contributed by atoms with Crippen molar-refractivity contribution in [2.75, 3.05) is 5.32 Å². The Labute approximate surface area is 138 Å². The molecule has 3 amide bonds. The van der Waals surface area contributed by atoms with Crippen LogP contribution in [0.2, 0.25) is 10.0 Å². The number of carbonyl (C=O) groups excluding carboxylic acids is 2. The van der Waals surface area contributed by atoms with E-state index in [1.165, 1.54) is 24.5 Å². The van der Waals surface area contributed by atoms with Crippen molar-refractivity contribution in [3.63, 3.8) is 0 Å². The largest absolute Gasteiger partial charge is 0.327 e. The first-order valence-corrected chi connectivity index (χ1v) is 7.06. The van der Waals surface area contributed by atoms with E-state index in [1.807, 2.05) is 0 Å².